The molecule has 0 radical (unpaired) electrons. The lowest BCUT2D eigenvalue weighted by Crippen LogP contribution is -2.28. The van der Waals surface area contributed by atoms with Gasteiger partial charge >= 0.3 is 0 Å². The number of hydrogen-bond acceptors (Lipinski definition) is 3. The number of rotatable bonds is 4. The number of carbonyl (C=O) groups excluding carboxylic acids is 1. The molecule has 0 saturated heterocycles. The van der Waals surface area contributed by atoms with Gasteiger partial charge in [0.15, 0.2) is 5.78 Å². The number of benzene rings is 1. The first kappa shape index (κ1) is 11.5. The molecule has 1 aromatic rings. The van der Waals surface area contributed by atoms with Crippen molar-refractivity contribution in [3.8, 4) is 0 Å². The van der Waals surface area contributed by atoms with Crippen molar-refractivity contribution in [1.82, 2.24) is 10.4 Å². The Bertz CT molecular complexity index is 355. The molecule has 3 heteroatoms. The monoisotopic (exact) mass is 204 g/mol. The largest absolute Gasteiger partial charge is 0.324 e. The Labute approximate surface area is 90.4 Å². The summed E-state index contributed by atoms with van der Waals surface area (Å²) in [7, 11) is 3.76. The van der Waals surface area contributed by atoms with Crippen LogP contribution in [-0.4, -0.2) is 24.9 Å². The number of ketones is 1. The molecule has 0 saturated carbocycles. The van der Waals surface area contributed by atoms with Crippen molar-refractivity contribution in [1.29, 1.82) is 0 Å². The minimum atomic E-state index is 0.0162. The molecule has 80 valence electrons. The maximum Gasteiger partial charge on any atom is 0.187 e. The van der Waals surface area contributed by atoms with Crippen molar-refractivity contribution >= 4 is 5.78 Å². The lowest BCUT2D eigenvalue weighted by molar-refractivity contribution is 0.104. The Morgan fingerprint density at radius 2 is 1.87 bits per heavy atom. The summed E-state index contributed by atoms with van der Waals surface area (Å²) in [6.07, 6.45) is 1.59. The number of hydrogen-bond donors (Lipinski definition) is 1. The standard InChI is InChI=1S/C12H16N2O/c1-10(13-14(2)3)9-12(15)11-7-5-4-6-8-11/h4-9,13H,1-3H3/b10-9+. The van der Waals surface area contributed by atoms with Crippen LogP contribution >= 0.6 is 0 Å². The predicted octanol–water partition coefficient (Wildman–Crippen LogP) is 1.84. The van der Waals surface area contributed by atoms with E-state index >= 15 is 0 Å². The van der Waals surface area contributed by atoms with E-state index < -0.39 is 0 Å². The van der Waals surface area contributed by atoms with Crippen LogP contribution in [-0.2, 0) is 0 Å². The topological polar surface area (TPSA) is 32.3 Å². The molecule has 0 heterocycles. The van der Waals surface area contributed by atoms with Gasteiger partial charge in [-0.15, -0.1) is 0 Å². The van der Waals surface area contributed by atoms with Crippen LogP contribution in [0.5, 0.6) is 0 Å². The summed E-state index contributed by atoms with van der Waals surface area (Å²) in [5.41, 5.74) is 4.55. The second-order valence-corrected chi connectivity index (χ2v) is 3.56. The Kier molecular flexibility index (Phi) is 4.06. The molecule has 0 aliphatic heterocycles. The molecule has 15 heavy (non-hydrogen) atoms. The average Bonchev–Trinajstić information content (AvgIpc) is 2.17. The van der Waals surface area contributed by atoms with E-state index in [1.807, 2.05) is 51.4 Å². The van der Waals surface area contributed by atoms with Crippen LogP contribution in [0.4, 0.5) is 0 Å². The lowest BCUT2D eigenvalue weighted by Gasteiger charge is -2.13. The number of allylic oxidation sites excluding steroid dienone is 2. The fourth-order valence-electron chi connectivity index (χ4n) is 1.27. The van der Waals surface area contributed by atoms with Gasteiger partial charge in [-0.2, -0.15) is 0 Å². The molecule has 0 unspecified atom stereocenters. The summed E-state index contributed by atoms with van der Waals surface area (Å²) >= 11 is 0. The normalized spacial score (nSPS) is 11.6. The Balaban J connectivity index is 2.71. The summed E-state index contributed by atoms with van der Waals surface area (Å²) in [5.74, 6) is 0.0162. The maximum atomic E-state index is 11.7. The van der Waals surface area contributed by atoms with E-state index in [-0.39, 0.29) is 5.78 Å². The van der Waals surface area contributed by atoms with E-state index in [9.17, 15) is 4.79 Å². The van der Waals surface area contributed by atoms with Crippen molar-refractivity contribution in [2.24, 2.45) is 0 Å². The van der Waals surface area contributed by atoms with Crippen molar-refractivity contribution in [3.63, 3.8) is 0 Å². The van der Waals surface area contributed by atoms with Crippen LogP contribution in [0, 0.1) is 0 Å². The quantitative estimate of drug-likeness (QED) is 0.461. The van der Waals surface area contributed by atoms with Gasteiger partial charge in [-0.25, -0.2) is 5.01 Å². The van der Waals surface area contributed by atoms with Crippen LogP contribution in [0.2, 0.25) is 0 Å². The van der Waals surface area contributed by atoms with Gasteiger partial charge in [-0.05, 0) is 6.92 Å². The highest BCUT2D eigenvalue weighted by molar-refractivity contribution is 6.04. The summed E-state index contributed by atoms with van der Waals surface area (Å²) in [5, 5.41) is 1.80. The molecule has 3 nitrogen and oxygen atoms in total. The molecule has 0 bridgehead atoms. The van der Waals surface area contributed by atoms with Crippen LogP contribution < -0.4 is 5.43 Å². The maximum absolute atomic E-state index is 11.7. The van der Waals surface area contributed by atoms with E-state index in [2.05, 4.69) is 5.43 Å². The number of nitrogens with one attached hydrogen (secondary N) is 1. The minimum Gasteiger partial charge on any atom is -0.324 e. The molecule has 0 amide bonds. The molecule has 0 aliphatic rings. The highest BCUT2D eigenvalue weighted by Crippen LogP contribution is 2.02. The molecule has 1 aromatic carbocycles. The third-order valence-corrected chi connectivity index (χ3v) is 1.81. The lowest BCUT2D eigenvalue weighted by atomic mass is 10.1. The van der Waals surface area contributed by atoms with Crippen LogP contribution in [0.3, 0.4) is 0 Å². The summed E-state index contributed by atoms with van der Waals surface area (Å²) < 4.78 is 0. The zero-order chi connectivity index (χ0) is 11.3. The second-order valence-electron chi connectivity index (χ2n) is 3.56. The number of nitrogens with zero attached hydrogens (tertiary/aromatic N) is 1. The van der Waals surface area contributed by atoms with Crippen molar-refractivity contribution in [2.75, 3.05) is 14.1 Å². The third-order valence-electron chi connectivity index (χ3n) is 1.81. The fourth-order valence-corrected chi connectivity index (χ4v) is 1.27. The molecule has 0 fully saturated rings. The fraction of sp³-hybridized carbons (Fsp3) is 0.250. The number of hydrazine groups is 1. The zero-order valence-electron chi connectivity index (χ0n) is 9.32. The van der Waals surface area contributed by atoms with Gasteiger partial charge in [0.05, 0.1) is 0 Å². The summed E-state index contributed by atoms with van der Waals surface area (Å²) in [6.45, 7) is 1.86. The van der Waals surface area contributed by atoms with Gasteiger partial charge in [0, 0.05) is 31.4 Å². The van der Waals surface area contributed by atoms with Crippen molar-refractivity contribution < 1.29 is 4.79 Å². The highest BCUT2D eigenvalue weighted by Gasteiger charge is 2.01. The molecule has 0 atom stereocenters. The van der Waals surface area contributed by atoms with Gasteiger partial charge in [0.25, 0.3) is 0 Å². The molecule has 1 N–H and O–H groups in total. The first-order chi connectivity index (χ1) is 7.09. The van der Waals surface area contributed by atoms with Crippen molar-refractivity contribution in [2.45, 2.75) is 6.92 Å². The van der Waals surface area contributed by atoms with E-state index in [1.165, 1.54) is 0 Å². The number of carbonyl (C=O) groups is 1. The van der Waals surface area contributed by atoms with Crippen molar-refractivity contribution in [3.05, 3.63) is 47.7 Å². The Morgan fingerprint density at radius 3 is 2.40 bits per heavy atom. The van der Waals surface area contributed by atoms with Crippen LogP contribution in [0.1, 0.15) is 17.3 Å². The van der Waals surface area contributed by atoms with Gasteiger partial charge in [-0.1, -0.05) is 30.3 Å². The molecule has 1 rings (SSSR count). The van der Waals surface area contributed by atoms with Crippen LogP contribution in [0.15, 0.2) is 42.1 Å². The first-order valence-electron chi connectivity index (χ1n) is 4.81. The zero-order valence-corrected chi connectivity index (χ0v) is 9.32. The summed E-state index contributed by atoms with van der Waals surface area (Å²) in [6, 6.07) is 9.22. The van der Waals surface area contributed by atoms with E-state index in [0.29, 0.717) is 5.56 Å². The second kappa shape index (κ2) is 5.32. The van der Waals surface area contributed by atoms with Gasteiger partial charge < -0.3 is 5.43 Å². The average molecular weight is 204 g/mol. The SMILES string of the molecule is C/C(=C\C(=O)c1ccccc1)NN(C)C. The smallest absolute Gasteiger partial charge is 0.187 e. The molecular weight excluding hydrogens is 188 g/mol. The van der Waals surface area contributed by atoms with E-state index in [4.69, 9.17) is 0 Å². The van der Waals surface area contributed by atoms with Gasteiger partial charge in [-0.3, -0.25) is 4.79 Å². The Morgan fingerprint density at radius 1 is 1.27 bits per heavy atom. The molecule has 0 spiro atoms. The molecular formula is C12H16N2O. The molecule has 0 aromatic heterocycles. The van der Waals surface area contributed by atoms with E-state index in [0.717, 1.165) is 5.70 Å². The van der Waals surface area contributed by atoms with Gasteiger partial charge in [0.2, 0.25) is 0 Å². The summed E-state index contributed by atoms with van der Waals surface area (Å²) in [4.78, 5) is 11.7. The predicted molar refractivity (Wildman–Crippen MR) is 61.4 cm³/mol. The third kappa shape index (κ3) is 3.95. The first-order valence-corrected chi connectivity index (χ1v) is 4.81. The van der Waals surface area contributed by atoms with Gasteiger partial charge in [0.1, 0.15) is 0 Å². The van der Waals surface area contributed by atoms with E-state index in [1.54, 1.807) is 11.1 Å². The Hall–Kier alpha value is -1.61. The molecule has 0 aliphatic carbocycles. The van der Waals surface area contributed by atoms with Crippen LogP contribution in [0.25, 0.3) is 0 Å². The highest BCUT2D eigenvalue weighted by atomic mass is 16.1. The minimum absolute atomic E-state index is 0.0162.